The zero-order valence-corrected chi connectivity index (χ0v) is 10.3. The lowest BCUT2D eigenvalue weighted by molar-refractivity contribution is 0.0595. The van der Waals surface area contributed by atoms with E-state index < -0.39 is 5.97 Å². The third-order valence-electron chi connectivity index (χ3n) is 3.71. The average molecular weight is 246 g/mol. The van der Waals surface area contributed by atoms with Gasteiger partial charge in [-0.25, -0.2) is 4.79 Å². The molecule has 0 fully saturated rings. The number of rotatable bonds is 1. The molecule has 2 aliphatic rings. The molecule has 4 nitrogen and oxygen atoms in total. The van der Waals surface area contributed by atoms with E-state index in [1.165, 1.54) is 7.11 Å². The van der Waals surface area contributed by atoms with Crippen molar-refractivity contribution in [1.82, 2.24) is 0 Å². The highest BCUT2D eigenvalue weighted by Gasteiger charge is 2.35. The number of benzene rings is 1. The fraction of sp³-hybridized carbons (Fsp3) is 0.357. The number of allylic oxidation sites excluding steroid dienone is 1. The summed E-state index contributed by atoms with van der Waals surface area (Å²) in [7, 11) is 1.31. The molecule has 1 aromatic carbocycles. The highest BCUT2D eigenvalue weighted by atomic mass is 16.5. The zero-order chi connectivity index (χ0) is 12.9. The molecule has 1 aliphatic heterocycles. The zero-order valence-electron chi connectivity index (χ0n) is 10.3. The summed E-state index contributed by atoms with van der Waals surface area (Å²) in [6.45, 7) is 2.37. The van der Waals surface area contributed by atoms with Crippen LogP contribution in [-0.4, -0.2) is 24.8 Å². The fourth-order valence-corrected chi connectivity index (χ4v) is 2.82. The summed E-state index contributed by atoms with van der Waals surface area (Å²) in [5.41, 5.74) is 3.12. The Hall–Kier alpha value is -1.97. The van der Waals surface area contributed by atoms with Crippen LogP contribution in [-0.2, 0) is 11.2 Å². The first kappa shape index (κ1) is 11.1. The van der Waals surface area contributed by atoms with E-state index in [1.807, 2.05) is 6.92 Å². The lowest BCUT2D eigenvalue weighted by Gasteiger charge is -2.19. The molecule has 1 heterocycles. The van der Waals surface area contributed by atoms with Gasteiger partial charge in [0.05, 0.1) is 13.7 Å². The average Bonchev–Trinajstić information content (AvgIpc) is 2.81. The molecule has 1 unspecified atom stereocenters. The molecule has 1 atom stereocenters. The van der Waals surface area contributed by atoms with Crippen LogP contribution in [0, 0.1) is 6.92 Å². The number of phenolic OH excluding ortho intramolecular Hbond substituents is 1. The van der Waals surface area contributed by atoms with Crippen LogP contribution in [0.15, 0.2) is 12.2 Å². The van der Waals surface area contributed by atoms with E-state index in [-0.39, 0.29) is 17.2 Å². The number of hydrogen-bond acceptors (Lipinski definition) is 4. The molecule has 0 bridgehead atoms. The van der Waals surface area contributed by atoms with Crippen LogP contribution >= 0.6 is 0 Å². The van der Waals surface area contributed by atoms with Crippen LogP contribution < -0.4 is 4.74 Å². The van der Waals surface area contributed by atoms with Gasteiger partial charge in [-0.3, -0.25) is 0 Å². The van der Waals surface area contributed by atoms with Gasteiger partial charge in [0.2, 0.25) is 0 Å². The van der Waals surface area contributed by atoms with Gasteiger partial charge in [0.25, 0.3) is 0 Å². The molecule has 1 N–H and O–H groups in total. The van der Waals surface area contributed by atoms with Crippen molar-refractivity contribution < 1.29 is 19.4 Å². The molecular formula is C14H14O4. The Morgan fingerprint density at radius 3 is 3.06 bits per heavy atom. The van der Waals surface area contributed by atoms with Crippen LogP contribution in [0.3, 0.4) is 0 Å². The molecule has 1 aliphatic carbocycles. The van der Waals surface area contributed by atoms with Crippen LogP contribution in [0.2, 0.25) is 0 Å². The van der Waals surface area contributed by atoms with Gasteiger partial charge < -0.3 is 14.6 Å². The van der Waals surface area contributed by atoms with Gasteiger partial charge in [-0.2, -0.15) is 0 Å². The maximum atomic E-state index is 11.8. The Kier molecular flexibility index (Phi) is 2.33. The van der Waals surface area contributed by atoms with Crippen molar-refractivity contribution in [2.24, 2.45) is 0 Å². The van der Waals surface area contributed by atoms with Gasteiger partial charge in [-0.15, -0.1) is 0 Å². The minimum absolute atomic E-state index is 0.0871. The van der Waals surface area contributed by atoms with Gasteiger partial charge in [-0.05, 0) is 24.5 Å². The number of aromatic hydroxyl groups is 1. The third kappa shape index (κ3) is 1.29. The standard InChI is InChI=1S/C14H14O4/c1-7-9-5-3-4-8-6-18-13(11(8)9)12(15)10(7)14(16)17-2/h3-4,8,15H,5-6H2,1-2H3. The molecule has 0 amide bonds. The van der Waals surface area contributed by atoms with Crippen molar-refractivity contribution in [2.75, 3.05) is 13.7 Å². The Morgan fingerprint density at radius 1 is 1.56 bits per heavy atom. The predicted octanol–water partition coefficient (Wildman–Crippen LogP) is 2.08. The number of hydrogen-bond donors (Lipinski definition) is 1. The van der Waals surface area contributed by atoms with E-state index in [4.69, 9.17) is 9.47 Å². The van der Waals surface area contributed by atoms with Crippen molar-refractivity contribution in [3.63, 3.8) is 0 Å². The molecule has 0 saturated heterocycles. The first-order valence-electron chi connectivity index (χ1n) is 5.91. The summed E-state index contributed by atoms with van der Waals surface area (Å²) < 4.78 is 10.3. The van der Waals surface area contributed by atoms with E-state index in [0.29, 0.717) is 12.4 Å². The molecule has 3 rings (SSSR count). The summed E-state index contributed by atoms with van der Waals surface area (Å²) in [4.78, 5) is 11.8. The van der Waals surface area contributed by atoms with Crippen molar-refractivity contribution in [2.45, 2.75) is 19.3 Å². The van der Waals surface area contributed by atoms with E-state index in [0.717, 1.165) is 23.1 Å². The lowest BCUT2D eigenvalue weighted by atomic mass is 9.84. The third-order valence-corrected chi connectivity index (χ3v) is 3.71. The molecule has 1 aromatic rings. The second kappa shape index (κ2) is 3.77. The van der Waals surface area contributed by atoms with Crippen LogP contribution in [0.4, 0.5) is 0 Å². The molecule has 18 heavy (non-hydrogen) atoms. The molecule has 0 aromatic heterocycles. The van der Waals surface area contributed by atoms with Crippen molar-refractivity contribution in [3.05, 3.63) is 34.4 Å². The smallest absolute Gasteiger partial charge is 0.342 e. The Labute approximate surface area is 105 Å². The summed E-state index contributed by atoms with van der Waals surface area (Å²) in [6.07, 6.45) is 4.93. The maximum absolute atomic E-state index is 11.8. The largest absolute Gasteiger partial charge is 0.504 e. The van der Waals surface area contributed by atoms with Gasteiger partial charge in [0.15, 0.2) is 11.5 Å². The Balaban J connectivity index is 2.31. The quantitative estimate of drug-likeness (QED) is 0.609. The summed E-state index contributed by atoms with van der Waals surface area (Å²) in [6, 6.07) is 0. The van der Waals surface area contributed by atoms with E-state index in [9.17, 15) is 9.90 Å². The number of ether oxygens (including phenoxy) is 2. The second-order valence-electron chi connectivity index (χ2n) is 4.61. The number of carbonyl (C=O) groups is 1. The van der Waals surface area contributed by atoms with Gasteiger partial charge >= 0.3 is 5.97 Å². The van der Waals surface area contributed by atoms with Crippen molar-refractivity contribution in [3.8, 4) is 11.5 Å². The van der Waals surface area contributed by atoms with Gasteiger partial charge in [0, 0.05) is 11.5 Å². The van der Waals surface area contributed by atoms with E-state index in [1.54, 1.807) is 0 Å². The number of carbonyl (C=O) groups excluding carboxylic acids is 1. The maximum Gasteiger partial charge on any atom is 0.342 e. The predicted molar refractivity (Wildman–Crippen MR) is 65.3 cm³/mol. The highest BCUT2D eigenvalue weighted by molar-refractivity contribution is 5.96. The first-order valence-corrected chi connectivity index (χ1v) is 5.91. The molecule has 0 spiro atoms. The van der Waals surface area contributed by atoms with Crippen molar-refractivity contribution in [1.29, 1.82) is 0 Å². The normalized spacial score (nSPS) is 19.3. The monoisotopic (exact) mass is 246 g/mol. The fourth-order valence-electron chi connectivity index (χ4n) is 2.82. The first-order chi connectivity index (χ1) is 8.65. The van der Waals surface area contributed by atoms with Gasteiger partial charge in [0.1, 0.15) is 5.56 Å². The van der Waals surface area contributed by atoms with Crippen LogP contribution in [0.1, 0.15) is 33.0 Å². The number of methoxy groups -OCH3 is 1. The van der Waals surface area contributed by atoms with E-state index in [2.05, 4.69) is 12.2 Å². The highest BCUT2D eigenvalue weighted by Crippen LogP contribution is 2.49. The second-order valence-corrected chi connectivity index (χ2v) is 4.61. The lowest BCUT2D eigenvalue weighted by Crippen LogP contribution is -2.10. The summed E-state index contributed by atoms with van der Waals surface area (Å²) >= 11 is 0. The summed E-state index contributed by atoms with van der Waals surface area (Å²) in [5.74, 6) is 0.0342. The topological polar surface area (TPSA) is 55.8 Å². The number of esters is 1. The van der Waals surface area contributed by atoms with Crippen molar-refractivity contribution >= 4 is 5.97 Å². The SMILES string of the molecule is COC(=O)c1c(C)c2c3c(c1O)OCC3C=CC2. The molecule has 0 saturated carbocycles. The van der Waals surface area contributed by atoms with Crippen LogP contribution in [0.25, 0.3) is 0 Å². The Morgan fingerprint density at radius 2 is 2.33 bits per heavy atom. The number of phenols is 1. The summed E-state index contributed by atoms with van der Waals surface area (Å²) in [5, 5.41) is 10.2. The minimum atomic E-state index is -0.523. The van der Waals surface area contributed by atoms with E-state index >= 15 is 0 Å². The Bertz CT molecular complexity index is 572. The molecular weight excluding hydrogens is 232 g/mol. The van der Waals surface area contributed by atoms with Gasteiger partial charge in [-0.1, -0.05) is 12.2 Å². The van der Waals surface area contributed by atoms with Crippen LogP contribution in [0.5, 0.6) is 11.5 Å². The molecule has 94 valence electrons. The molecule has 0 radical (unpaired) electrons. The molecule has 4 heteroatoms. The minimum Gasteiger partial charge on any atom is -0.504 e.